The Kier molecular flexibility index (Phi) is 10.3. The fourth-order valence-corrected chi connectivity index (χ4v) is 7.10. The van der Waals surface area contributed by atoms with Gasteiger partial charge in [0.25, 0.3) is 15.9 Å². The van der Waals surface area contributed by atoms with Crippen molar-refractivity contribution in [1.29, 1.82) is 0 Å². The molecule has 1 atom stereocenters. The van der Waals surface area contributed by atoms with E-state index in [0.717, 1.165) is 35.1 Å². The molecule has 1 unspecified atom stereocenters. The Bertz CT molecular complexity index is 1660. The van der Waals surface area contributed by atoms with Gasteiger partial charge in [0.1, 0.15) is 17.1 Å². The lowest BCUT2D eigenvalue weighted by molar-refractivity contribution is -0.137. The van der Waals surface area contributed by atoms with Crippen molar-refractivity contribution < 1.29 is 35.5 Å². The first-order chi connectivity index (χ1) is 20.8. The SMILES string of the molecule is CCOc1cc(C(F)(F)F)ccc1C(=O)NCC(Cc1ccc(F)cc1)c1ccc(S(=O)(=O)N(c2nncs2)C(C)C)cc1. The number of nitrogens with one attached hydrogen (secondary N) is 1. The second-order valence-corrected chi connectivity index (χ2v) is 12.7. The summed E-state index contributed by atoms with van der Waals surface area (Å²) in [6, 6.07) is 14.3. The van der Waals surface area contributed by atoms with Crippen molar-refractivity contribution in [2.24, 2.45) is 0 Å². The molecule has 0 saturated carbocycles. The second-order valence-electron chi connectivity index (χ2n) is 10.1. The molecule has 0 radical (unpaired) electrons. The van der Waals surface area contributed by atoms with E-state index in [1.54, 1.807) is 45.0 Å². The Morgan fingerprint density at radius 1 is 1.05 bits per heavy atom. The van der Waals surface area contributed by atoms with E-state index in [9.17, 15) is 30.8 Å². The van der Waals surface area contributed by atoms with Crippen LogP contribution in [0.15, 0.2) is 77.1 Å². The molecular weight excluding hydrogens is 620 g/mol. The second kappa shape index (κ2) is 13.7. The number of amides is 1. The quantitative estimate of drug-likeness (QED) is 0.177. The summed E-state index contributed by atoms with van der Waals surface area (Å²) in [7, 11) is -3.98. The standard InChI is InChI=1S/C30H30F4N4O4S2/c1-4-42-27-16-23(30(32,33)34)9-14-26(27)28(39)35-17-22(15-20-5-10-24(31)11-6-20)21-7-12-25(13-8-21)44(40,41)38(19(2)3)29-37-36-18-43-29/h5-14,16,18-19,22H,4,15,17H2,1-3H3,(H,35,39). The van der Waals surface area contributed by atoms with Gasteiger partial charge < -0.3 is 10.1 Å². The maximum absolute atomic E-state index is 13.6. The third-order valence-corrected chi connectivity index (χ3v) is 9.46. The van der Waals surface area contributed by atoms with Crippen LogP contribution in [0, 0.1) is 5.82 Å². The molecule has 0 spiro atoms. The van der Waals surface area contributed by atoms with Crippen LogP contribution in [-0.4, -0.2) is 43.7 Å². The Labute approximate surface area is 256 Å². The van der Waals surface area contributed by atoms with Crippen LogP contribution >= 0.6 is 11.3 Å². The molecule has 44 heavy (non-hydrogen) atoms. The van der Waals surface area contributed by atoms with Crippen LogP contribution in [0.25, 0.3) is 0 Å². The number of halogens is 4. The van der Waals surface area contributed by atoms with E-state index < -0.39 is 45.4 Å². The van der Waals surface area contributed by atoms with E-state index in [-0.39, 0.29) is 34.5 Å². The molecule has 4 rings (SSSR count). The van der Waals surface area contributed by atoms with Gasteiger partial charge in [-0.1, -0.05) is 35.6 Å². The van der Waals surface area contributed by atoms with Gasteiger partial charge in [-0.05, 0) is 80.8 Å². The fourth-order valence-electron chi connectivity index (χ4n) is 4.58. The molecule has 0 aliphatic rings. The number of carbonyl (C=O) groups excluding carboxylic acids is 1. The molecule has 1 aromatic heterocycles. The molecule has 3 aromatic carbocycles. The summed E-state index contributed by atoms with van der Waals surface area (Å²) in [6.45, 7) is 5.14. The smallest absolute Gasteiger partial charge is 0.416 e. The molecule has 0 saturated heterocycles. The van der Waals surface area contributed by atoms with E-state index in [4.69, 9.17) is 4.74 Å². The minimum absolute atomic E-state index is 0.0285. The number of sulfonamides is 1. The molecule has 0 bridgehead atoms. The summed E-state index contributed by atoms with van der Waals surface area (Å²) in [4.78, 5) is 13.2. The lowest BCUT2D eigenvalue weighted by Crippen LogP contribution is -2.37. The van der Waals surface area contributed by atoms with E-state index in [1.165, 1.54) is 34.1 Å². The highest BCUT2D eigenvalue weighted by atomic mass is 32.2. The number of rotatable bonds is 12. The lowest BCUT2D eigenvalue weighted by atomic mass is 9.91. The van der Waals surface area contributed by atoms with Gasteiger partial charge in [0.05, 0.1) is 22.6 Å². The van der Waals surface area contributed by atoms with Crippen molar-refractivity contribution in [3.8, 4) is 5.75 Å². The number of benzene rings is 3. The predicted molar refractivity (Wildman–Crippen MR) is 159 cm³/mol. The fraction of sp³-hybridized carbons (Fsp3) is 0.300. The molecule has 1 N–H and O–H groups in total. The van der Waals surface area contributed by atoms with E-state index in [0.29, 0.717) is 12.0 Å². The normalized spacial score (nSPS) is 12.6. The summed E-state index contributed by atoms with van der Waals surface area (Å²) in [6.07, 6.45) is -4.26. The molecular formula is C30H30F4N4O4S2. The van der Waals surface area contributed by atoms with Gasteiger partial charge in [-0.3, -0.25) is 4.79 Å². The van der Waals surface area contributed by atoms with Crippen LogP contribution in [0.2, 0.25) is 0 Å². The Morgan fingerprint density at radius 2 is 1.73 bits per heavy atom. The van der Waals surface area contributed by atoms with Crippen LogP contribution in [0.3, 0.4) is 0 Å². The van der Waals surface area contributed by atoms with E-state index in [1.807, 2.05) is 0 Å². The minimum atomic E-state index is -4.61. The zero-order chi connectivity index (χ0) is 32.1. The third-order valence-electron chi connectivity index (χ3n) is 6.67. The Hall–Kier alpha value is -4.04. The third kappa shape index (κ3) is 7.72. The zero-order valence-electron chi connectivity index (χ0n) is 24.0. The van der Waals surface area contributed by atoms with Gasteiger partial charge in [0.15, 0.2) is 0 Å². The molecule has 0 aliphatic heterocycles. The lowest BCUT2D eigenvalue weighted by Gasteiger charge is -2.25. The summed E-state index contributed by atoms with van der Waals surface area (Å²) < 4.78 is 86.8. The Balaban J connectivity index is 1.61. The number of carbonyl (C=O) groups is 1. The topological polar surface area (TPSA) is 101 Å². The molecule has 14 heteroatoms. The van der Waals surface area contributed by atoms with Crippen molar-refractivity contribution in [2.45, 2.75) is 50.2 Å². The van der Waals surface area contributed by atoms with Gasteiger partial charge in [-0.2, -0.15) is 13.2 Å². The molecule has 8 nitrogen and oxygen atoms in total. The van der Waals surface area contributed by atoms with Gasteiger partial charge in [-0.25, -0.2) is 17.1 Å². The highest BCUT2D eigenvalue weighted by Crippen LogP contribution is 2.34. The van der Waals surface area contributed by atoms with Crippen LogP contribution < -0.4 is 14.4 Å². The molecule has 0 fully saturated rings. The van der Waals surface area contributed by atoms with Gasteiger partial charge in [0, 0.05) is 18.5 Å². The first-order valence-electron chi connectivity index (χ1n) is 13.6. The van der Waals surface area contributed by atoms with Crippen molar-refractivity contribution in [3.05, 3.63) is 100 Å². The van der Waals surface area contributed by atoms with Gasteiger partial charge >= 0.3 is 6.18 Å². The van der Waals surface area contributed by atoms with Crippen molar-refractivity contribution in [2.75, 3.05) is 17.5 Å². The first kappa shape index (κ1) is 32.9. The predicted octanol–water partition coefficient (Wildman–Crippen LogP) is 6.45. The number of alkyl halides is 3. The summed E-state index contributed by atoms with van der Waals surface area (Å²) in [5.41, 5.74) is 1.88. The van der Waals surface area contributed by atoms with Crippen molar-refractivity contribution in [3.63, 3.8) is 0 Å². The number of anilines is 1. The van der Waals surface area contributed by atoms with Crippen LogP contribution in [0.1, 0.15) is 53.7 Å². The number of nitrogens with zero attached hydrogens (tertiary/aromatic N) is 3. The monoisotopic (exact) mass is 650 g/mol. The number of ether oxygens (including phenoxy) is 1. The maximum Gasteiger partial charge on any atom is 0.416 e. The largest absolute Gasteiger partial charge is 0.493 e. The van der Waals surface area contributed by atoms with E-state index >= 15 is 0 Å². The zero-order valence-corrected chi connectivity index (χ0v) is 25.6. The van der Waals surface area contributed by atoms with Crippen LogP contribution in [0.5, 0.6) is 5.75 Å². The van der Waals surface area contributed by atoms with E-state index in [2.05, 4.69) is 15.5 Å². The average Bonchev–Trinajstić information content (AvgIpc) is 3.49. The number of hydrogen-bond acceptors (Lipinski definition) is 7. The summed E-state index contributed by atoms with van der Waals surface area (Å²) >= 11 is 1.10. The molecule has 234 valence electrons. The number of aromatic nitrogens is 2. The van der Waals surface area contributed by atoms with Gasteiger partial charge in [-0.15, -0.1) is 10.2 Å². The highest BCUT2D eigenvalue weighted by Gasteiger charge is 2.32. The summed E-state index contributed by atoms with van der Waals surface area (Å²) in [5, 5.41) is 10.7. The van der Waals surface area contributed by atoms with Crippen molar-refractivity contribution in [1.82, 2.24) is 15.5 Å². The average molecular weight is 651 g/mol. The van der Waals surface area contributed by atoms with Gasteiger partial charge in [0.2, 0.25) is 5.13 Å². The molecule has 1 amide bonds. The summed E-state index contributed by atoms with van der Waals surface area (Å²) in [5.74, 6) is -1.66. The minimum Gasteiger partial charge on any atom is -0.493 e. The molecule has 1 heterocycles. The first-order valence-corrected chi connectivity index (χ1v) is 15.9. The number of hydrogen-bond donors (Lipinski definition) is 1. The highest BCUT2D eigenvalue weighted by molar-refractivity contribution is 7.93. The molecule has 4 aromatic rings. The van der Waals surface area contributed by atoms with Crippen LogP contribution in [0.4, 0.5) is 22.7 Å². The maximum atomic E-state index is 13.6. The van der Waals surface area contributed by atoms with Crippen LogP contribution in [-0.2, 0) is 22.6 Å². The van der Waals surface area contributed by atoms with Crippen molar-refractivity contribution >= 4 is 32.4 Å². The Morgan fingerprint density at radius 3 is 2.30 bits per heavy atom. The molecule has 0 aliphatic carbocycles.